The molecule has 0 amide bonds. The van der Waals surface area contributed by atoms with Crippen LogP contribution in [0.3, 0.4) is 0 Å². The van der Waals surface area contributed by atoms with Gasteiger partial charge in [0.25, 0.3) is 0 Å². The van der Waals surface area contributed by atoms with Gasteiger partial charge in [0.15, 0.2) is 9.84 Å². The summed E-state index contributed by atoms with van der Waals surface area (Å²) >= 11 is 0. The maximum atomic E-state index is 12.0. The molecule has 1 aliphatic heterocycles. The van der Waals surface area contributed by atoms with Crippen LogP contribution in [0.2, 0.25) is 0 Å². The number of hydrogen-bond acceptors (Lipinski definition) is 3. The van der Waals surface area contributed by atoms with Crippen LogP contribution in [-0.4, -0.2) is 32.5 Å². The van der Waals surface area contributed by atoms with Crippen molar-refractivity contribution in [2.24, 2.45) is 5.92 Å². The van der Waals surface area contributed by atoms with Gasteiger partial charge < -0.3 is 5.32 Å². The first kappa shape index (κ1) is 12.4. The predicted molar refractivity (Wildman–Crippen MR) is 66.2 cm³/mol. The molecular weight excluding hydrogens is 222 g/mol. The molecule has 0 radical (unpaired) electrons. The van der Waals surface area contributed by atoms with E-state index in [9.17, 15) is 8.42 Å². The molecule has 94 valence electrons. The number of nitrogens with one attached hydrogen (secondary N) is 1. The van der Waals surface area contributed by atoms with E-state index in [2.05, 4.69) is 5.32 Å². The lowest BCUT2D eigenvalue weighted by atomic mass is 9.80. The molecule has 0 aromatic carbocycles. The van der Waals surface area contributed by atoms with Crippen molar-refractivity contribution in [3.8, 4) is 0 Å². The van der Waals surface area contributed by atoms with Crippen LogP contribution in [0.4, 0.5) is 0 Å². The molecule has 1 N–H and O–H groups in total. The van der Waals surface area contributed by atoms with Crippen LogP contribution in [0.25, 0.3) is 0 Å². The highest BCUT2D eigenvalue weighted by molar-refractivity contribution is 7.92. The van der Waals surface area contributed by atoms with Crippen LogP contribution in [0.5, 0.6) is 0 Å². The lowest BCUT2D eigenvalue weighted by molar-refractivity contribution is 0.256. The number of rotatable bonds is 4. The highest BCUT2D eigenvalue weighted by atomic mass is 32.2. The highest BCUT2D eigenvalue weighted by Crippen LogP contribution is 2.33. The third-order valence-corrected chi connectivity index (χ3v) is 6.60. The van der Waals surface area contributed by atoms with E-state index in [0.717, 1.165) is 31.6 Å². The summed E-state index contributed by atoms with van der Waals surface area (Å²) in [4.78, 5) is 0. The molecule has 1 heterocycles. The SMILES string of the molecule is CNC(CC1CCC1)C1CCCCS1(=O)=O. The van der Waals surface area contributed by atoms with Crippen molar-refractivity contribution in [3.05, 3.63) is 0 Å². The Morgan fingerprint density at radius 1 is 1.19 bits per heavy atom. The molecule has 1 aliphatic carbocycles. The molecular formula is C12H23NO2S. The van der Waals surface area contributed by atoms with Gasteiger partial charge in [-0.15, -0.1) is 0 Å². The average molecular weight is 245 g/mol. The normalized spacial score (nSPS) is 31.9. The van der Waals surface area contributed by atoms with Gasteiger partial charge >= 0.3 is 0 Å². The summed E-state index contributed by atoms with van der Waals surface area (Å²) in [6, 6.07) is 0.190. The monoisotopic (exact) mass is 245 g/mol. The maximum absolute atomic E-state index is 12.0. The minimum atomic E-state index is -2.83. The molecule has 0 aromatic rings. The molecule has 2 fully saturated rings. The lowest BCUT2D eigenvalue weighted by Gasteiger charge is -2.35. The van der Waals surface area contributed by atoms with Gasteiger partial charge in [-0.25, -0.2) is 8.42 Å². The molecule has 2 rings (SSSR count). The summed E-state index contributed by atoms with van der Waals surface area (Å²) in [7, 11) is -0.917. The average Bonchev–Trinajstić information content (AvgIpc) is 2.18. The Morgan fingerprint density at radius 2 is 1.94 bits per heavy atom. The van der Waals surface area contributed by atoms with Crippen molar-refractivity contribution in [2.45, 2.75) is 56.2 Å². The van der Waals surface area contributed by atoms with E-state index in [1.165, 1.54) is 19.3 Å². The molecule has 2 atom stereocenters. The van der Waals surface area contributed by atoms with Crippen molar-refractivity contribution in [1.82, 2.24) is 5.32 Å². The second kappa shape index (κ2) is 5.05. The summed E-state index contributed by atoms with van der Waals surface area (Å²) in [5.41, 5.74) is 0. The van der Waals surface area contributed by atoms with Crippen LogP contribution in [0, 0.1) is 5.92 Å². The molecule has 1 saturated heterocycles. The zero-order valence-electron chi connectivity index (χ0n) is 10.1. The molecule has 0 aromatic heterocycles. The summed E-state index contributed by atoms with van der Waals surface area (Å²) in [6.07, 6.45) is 7.78. The van der Waals surface area contributed by atoms with E-state index in [-0.39, 0.29) is 11.3 Å². The van der Waals surface area contributed by atoms with Gasteiger partial charge in [0.1, 0.15) is 0 Å². The fourth-order valence-electron chi connectivity index (χ4n) is 2.97. The number of hydrogen-bond donors (Lipinski definition) is 1. The van der Waals surface area contributed by atoms with Gasteiger partial charge in [-0.2, -0.15) is 0 Å². The first-order valence-electron chi connectivity index (χ1n) is 6.52. The second-order valence-electron chi connectivity index (χ2n) is 5.33. The Balaban J connectivity index is 2.00. The first-order valence-corrected chi connectivity index (χ1v) is 8.24. The Labute approximate surface area is 98.9 Å². The van der Waals surface area contributed by atoms with Crippen LogP contribution >= 0.6 is 0 Å². The molecule has 0 spiro atoms. The summed E-state index contributed by atoms with van der Waals surface area (Å²) in [6.45, 7) is 0. The van der Waals surface area contributed by atoms with Crippen molar-refractivity contribution in [1.29, 1.82) is 0 Å². The zero-order chi connectivity index (χ0) is 11.6. The summed E-state index contributed by atoms with van der Waals surface area (Å²) in [5.74, 6) is 1.18. The van der Waals surface area contributed by atoms with Gasteiger partial charge in [0.05, 0.1) is 11.0 Å². The Morgan fingerprint density at radius 3 is 2.44 bits per heavy atom. The molecule has 2 aliphatic rings. The largest absolute Gasteiger partial charge is 0.316 e. The van der Waals surface area contributed by atoms with E-state index in [4.69, 9.17) is 0 Å². The van der Waals surface area contributed by atoms with Gasteiger partial charge in [-0.3, -0.25) is 0 Å². The lowest BCUT2D eigenvalue weighted by Crippen LogP contribution is -2.46. The minimum Gasteiger partial charge on any atom is -0.316 e. The molecule has 3 nitrogen and oxygen atoms in total. The zero-order valence-corrected chi connectivity index (χ0v) is 10.9. The van der Waals surface area contributed by atoms with Crippen molar-refractivity contribution >= 4 is 9.84 Å². The van der Waals surface area contributed by atoms with Crippen molar-refractivity contribution in [2.75, 3.05) is 12.8 Å². The third-order valence-electron chi connectivity index (χ3n) is 4.26. The number of sulfone groups is 1. The predicted octanol–water partition coefficient (Wildman–Crippen LogP) is 1.73. The molecule has 16 heavy (non-hydrogen) atoms. The van der Waals surface area contributed by atoms with Crippen molar-refractivity contribution in [3.63, 3.8) is 0 Å². The molecule has 2 unspecified atom stereocenters. The van der Waals surface area contributed by atoms with Crippen LogP contribution in [-0.2, 0) is 9.84 Å². The van der Waals surface area contributed by atoms with Crippen LogP contribution in [0.15, 0.2) is 0 Å². The van der Waals surface area contributed by atoms with Gasteiger partial charge in [0, 0.05) is 6.04 Å². The van der Waals surface area contributed by atoms with E-state index >= 15 is 0 Å². The van der Waals surface area contributed by atoms with Gasteiger partial charge in [-0.1, -0.05) is 25.7 Å². The van der Waals surface area contributed by atoms with E-state index in [1.54, 1.807) is 0 Å². The highest BCUT2D eigenvalue weighted by Gasteiger charge is 2.36. The Kier molecular flexibility index (Phi) is 3.90. The minimum absolute atomic E-state index is 0.119. The Bertz CT molecular complexity index is 322. The van der Waals surface area contributed by atoms with E-state index < -0.39 is 9.84 Å². The topological polar surface area (TPSA) is 46.2 Å². The first-order chi connectivity index (χ1) is 7.63. The fourth-order valence-corrected chi connectivity index (χ4v) is 5.16. The second-order valence-corrected chi connectivity index (χ2v) is 7.67. The third kappa shape index (κ3) is 2.59. The van der Waals surface area contributed by atoms with Gasteiger partial charge in [-0.05, 0) is 32.2 Å². The fraction of sp³-hybridized carbons (Fsp3) is 1.00. The summed E-state index contributed by atoms with van der Waals surface area (Å²) < 4.78 is 24.1. The van der Waals surface area contributed by atoms with Crippen molar-refractivity contribution < 1.29 is 8.42 Å². The van der Waals surface area contributed by atoms with Crippen LogP contribution < -0.4 is 5.32 Å². The Hall–Kier alpha value is -0.0900. The molecule has 0 bridgehead atoms. The summed E-state index contributed by atoms with van der Waals surface area (Å²) in [5, 5.41) is 3.13. The van der Waals surface area contributed by atoms with E-state index in [1.807, 2.05) is 7.05 Å². The van der Waals surface area contributed by atoms with Crippen LogP contribution in [0.1, 0.15) is 44.9 Å². The standard InChI is InChI=1S/C12H23NO2S/c1-13-11(9-10-5-4-6-10)12-7-2-3-8-16(12,14)15/h10-13H,2-9H2,1H3. The molecule has 4 heteroatoms. The smallest absolute Gasteiger partial charge is 0.154 e. The van der Waals surface area contributed by atoms with E-state index in [0.29, 0.717) is 5.75 Å². The molecule has 1 saturated carbocycles. The maximum Gasteiger partial charge on any atom is 0.154 e. The quantitative estimate of drug-likeness (QED) is 0.820. The van der Waals surface area contributed by atoms with Gasteiger partial charge in [0.2, 0.25) is 0 Å².